The van der Waals surface area contributed by atoms with Gasteiger partial charge in [0.15, 0.2) is 23.9 Å². The van der Waals surface area contributed by atoms with E-state index in [1.165, 1.54) is 36.2 Å². The Morgan fingerprint density at radius 3 is 2.74 bits per heavy atom. The fraction of sp³-hybridized carbons (Fsp3) is 0.0625. The number of nitrogens with zero attached hydrogens (tertiary/aromatic N) is 3. The van der Waals surface area contributed by atoms with Crippen LogP contribution >= 0.6 is 15.9 Å². The molecule has 0 aliphatic carbocycles. The second-order valence-corrected chi connectivity index (χ2v) is 10.3. The van der Waals surface area contributed by atoms with Crippen LogP contribution < -0.4 is 20.3 Å². The van der Waals surface area contributed by atoms with Crippen molar-refractivity contribution in [2.75, 3.05) is 19.0 Å². The van der Waals surface area contributed by atoms with Crippen LogP contribution in [0.25, 0.3) is 33.5 Å². The first-order chi connectivity index (χ1) is 20.9. The van der Waals surface area contributed by atoms with Crippen LogP contribution in [0, 0.1) is 5.82 Å². The van der Waals surface area contributed by atoms with Crippen LogP contribution in [-0.2, 0) is 4.79 Å². The molecular weight excluding hydrogens is 619 g/mol. The summed E-state index contributed by atoms with van der Waals surface area (Å²) in [5.74, 6) is 0.348. The van der Waals surface area contributed by atoms with Crippen molar-refractivity contribution >= 4 is 55.6 Å². The second kappa shape index (κ2) is 11.9. The molecule has 6 rings (SSSR count). The van der Waals surface area contributed by atoms with E-state index in [-0.39, 0.29) is 18.0 Å². The molecule has 0 spiro atoms. The van der Waals surface area contributed by atoms with Crippen molar-refractivity contribution in [3.05, 3.63) is 117 Å². The number of amides is 1. The van der Waals surface area contributed by atoms with Crippen LogP contribution in [0.4, 0.5) is 10.1 Å². The van der Waals surface area contributed by atoms with E-state index in [0.29, 0.717) is 45.0 Å². The van der Waals surface area contributed by atoms with E-state index in [4.69, 9.17) is 18.9 Å². The SMILES string of the molecule is COc1cc(C=Nn2c(-c3cc4cc(Br)ccc4o3)nc3ccccc3c2=O)ccc1OCC(=O)Nc1cccc(F)c1. The second-order valence-electron chi connectivity index (χ2n) is 9.36. The summed E-state index contributed by atoms with van der Waals surface area (Å²) in [7, 11) is 1.46. The maximum Gasteiger partial charge on any atom is 0.282 e. The van der Waals surface area contributed by atoms with Crippen molar-refractivity contribution in [3.8, 4) is 23.1 Å². The quantitative estimate of drug-likeness (QED) is 0.187. The first kappa shape index (κ1) is 27.9. The van der Waals surface area contributed by atoms with Gasteiger partial charge in [-0.25, -0.2) is 9.37 Å². The topological polar surface area (TPSA) is 108 Å². The molecule has 0 saturated carbocycles. The van der Waals surface area contributed by atoms with Crippen LogP contribution in [0.15, 0.2) is 110 Å². The summed E-state index contributed by atoms with van der Waals surface area (Å²) in [5, 5.41) is 8.30. The molecule has 214 valence electrons. The molecule has 0 radical (unpaired) electrons. The Labute approximate surface area is 252 Å². The lowest BCUT2D eigenvalue weighted by molar-refractivity contribution is -0.118. The first-order valence-electron chi connectivity index (χ1n) is 13.0. The average Bonchev–Trinajstić information content (AvgIpc) is 3.43. The largest absolute Gasteiger partial charge is 0.493 e. The third-order valence-electron chi connectivity index (χ3n) is 6.43. The smallest absolute Gasteiger partial charge is 0.282 e. The molecule has 0 saturated heterocycles. The molecule has 1 amide bonds. The highest BCUT2D eigenvalue weighted by atomic mass is 79.9. The normalized spacial score (nSPS) is 11.3. The van der Waals surface area contributed by atoms with E-state index < -0.39 is 11.7 Å². The van der Waals surface area contributed by atoms with E-state index in [9.17, 15) is 14.0 Å². The van der Waals surface area contributed by atoms with Gasteiger partial charge in [0.25, 0.3) is 11.5 Å². The molecule has 0 aliphatic heterocycles. The van der Waals surface area contributed by atoms with Crippen LogP contribution in [0.1, 0.15) is 5.56 Å². The van der Waals surface area contributed by atoms with Crippen molar-refractivity contribution in [1.82, 2.24) is 9.66 Å². The number of nitrogens with one attached hydrogen (secondary N) is 1. The zero-order valence-electron chi connectivity index (χ0n) is 22.6. The Hall–Kier alpha value is -5.29. The maximum absolute atomic E-state index is 13.5. The Balaban J connectivity index is 1.29. The first-order valence-corrected chi connectivity index (χ1v) is 13.8. The number of fused-ring (bicyclic) bond motifs is 2. The molecule has 9 nitrogen and oxygen atoms in total. The minimum absolute atomic E-state index is 0.239. The summed E-state index contributed by atoms with van der Waals surface area (Å²) in [6.07, 6.45) is 1.49. The molecule has 0 bridgehead atoms. The van der Waals surface area contributed by atoms with Crippen molar-refractivity contribution in [3.63, 3.8) is 0 Å². The summed E-state index contributed by atoms with van der Waals surface area (Å²) in [5.41, 5.74) is 1.70. The van der Waals surface area contributed by atoms with Crippen LogP contribution in [0.2, 0.25) is 0 Å². The Kier molecular flexibility index (Phi) is 7.71. The number of carbonyl (C=O) groups excluding carboxylic acids is 1. The summed E-state index contributed by atoms with van der Waals surface area (Å²) in [6, 6.07) is 25.0. The lowest BCUT2D eigenvalue weighted by Crippen LogP contribution is -2.20. The predicted octanol–water partition coefficient (Wildman–Crippen LogP) is 6.62. The van der Waals surface area contributed by atoms with Gasteiger partial charge in [0, 0.05) is 15.5 Å². The maximum atomic E-state index is 13.5. The monoisotopic (exact) mass is 640 g/mol. The molecule has 0 unspecified atom stereocenters. The summed E-state index contributed by atoms with van der Waals surface area (Å²) in [4.78, 5) is 30.5. The van der Waals surface area contributed by atoms with Gasteiger partial charge >= 0.3 is 0 Å². The van der Waals surface area contributed by atoms with Crippen LogP contribution in [0.3, 0.4) is 0 Å². The number of carbonyl (C=O) groups is 1. The lowest BCUT2D eigenvalue weighted by Gasteiger charge is -2.12. The number of hydrogen-bond acceptors (Lipinski definition) is 7. The number of ether oxygens (including phenoxy) is 2. The Morgan fingerprint density at radius 2 is 1.91 bits per heavy atom. The number of benzene rings is 4. The molecule has 0 atom stereocenters. The number of methoxy groups -OCH3 is 1. The molecule has 2 heterocycles. The van der Waals surface area contributed by atoms with Gasteiger partial charge in [-0.15, -0.1) is 0 Å². The summed E-state index contributed by atoms with van der Waals surface area (Å²) >= 11 is 3.47. The van der Waals surface area contributed by atoms with Gasteiger partial charge in [-0.05, 0) is 78.4 Å². The highest BCUT2D eigenvalue weighted by Gasteiger charge is 2.17. The minimum atomic E-state index is -0.466. The molecule has 2 aromatic heterocycles. The highest BCUT2D eigenvalue weighted by molar-refractivity contribution is 9.10. The Morgan fingerprint density at radius 1 is 1.05 bits per heavy atom. The summed E-state index contributed by atoms with van der Waals surface area (Å²) < 4.78 is 32.6. The van der Waals surface area contributed by atoms with Gasteiger partial charge in [0.2, 0.25) is 5.82 Å². The number of furan rings is 1. The van der Waals surface area contributed by atoms with Crippen molar-refractivity contribution in [2.24, 2.45) is 5.10 Å². The number of aromatic nitrogens is 2. The number of hydrogen-bond donors (Lipinski definition) is 1. The van der Waals surface area contributed by atoms with Gasteiger partial charge in [-0.1, -0.05) is 34.1 Å². The van der Waals surface area contributed by atoms with Crippen molar-refractivity contribution in [2.45, 2.75) is 0 Å². The van der Waals surface area contributed by atoms with Gasteiger partial charge in [0.05, 0.1) is 24.2 Å². The van der Waals surface area contributed by atoms with Gasteiger partial charge in [-0.2, -0.15) is 9.78 Å². The standard InChI is InChI=1S/C32H22BrFN4O5/c1-41-28-13-19(9-11-27(28)42-18-30(39)36-23-6-4-5-22(34)16-23)17-35-38-31(37-25-8-3-2-7-24(25)32(38)40)29-15-20-14-21(33)10-12-26(20)43-29/h2-17H,18H2,1H3,(H,36,39). The van der Waals surface area contributed by atoms with Gasteiger partial charge < -0.3 is 19.2 Å². The molecule has 6 aromatic rings. The molecule has 43 heavy (non-hydrogen) atoms. The van der Waals surface area contributed by atoms with E-state index in [0.717, 1.165) is 9.86 Å². The number of halogens is 2. The lowest BCUT2D eigenvalue weighted by atomic mass is 10.2. The van der Waals surface area contributed by atoms with Crippen molar-refractivity contribution < 1.29 is 23.1 Å². The molecular formula is C32H22BrFN4O5. The Bertz CT molecular complexity index is 2090. The van der Waals surface area contributed by atoms with E-state index in [1.807, 2.05) is 30.3 Å². The van der Waals surface area contributed by atoms with Gasteiger partial charge in [-0.3, -0.25) is 9.59 Å². The third kappa shape index (κ3) is 6.02. The number of anilines is 1. The van der Waals surface area contributed by atoms with Crippen LogP contribution in [-0.4, -0.2) is 35.5 Å². The fourth-order valence-electron chi connectivity index (χ4n) is 4.43. The van der Waals surface area contributed by atoms with E-state index >= 15 is 0 Å². The highest BCUT2D eigenvalue weighted by Crippen LogP contribution is 2.30. The molecule has 4 aromatic carbocycles. The molecule has 0 aliphatic rings. The predicted molar refractivity (Wildman–Crippen MR) is 165 cm³/mol. The van der Waals surface area contributed by atoms with Crippen LogP contribution in [0.5, 0.6) is 11.5 Å². The van der Waals surface area contributed by atoms with E-state index in [2.05, 4.69) is 26.3 Å². The number of para-hydroxylation sites is 1. The number of rotatable bonds is 8. The van der Waals surface area contributed by atoms with Crippen molar-refractivity contribution in [1.29, 1.82) is 0 Å². The molecule has 0 fully saturated rings. The fourth-order valence-corrected chi connectivity index (χ4v) is 4.81. The van der Waals surface area contributed by atoms with Gasteiger partial charge in [0.1, 0.15) is 11.4 Å². The average molecular weight is 641 g/mol. The zero-order valence-corrected chi connectivity index (χ0v) is 24.2. The van der Waals surface area contributed by atoms with E-state index in [1.54, 1.807) is 42.5 Å². The summed E-state index contributed by atoms with van der Waals surface area (Å²) in [6.45, 7) is -0.324. The third-order valence-corrected chi connectivity index (χ3v) is 6.92. The molecule has 1 N–H and O–H groups in total. The minimum Gasteiger partial charge on any atom is -0.493 e. The zero-order chi connectivity index (χ0) is 29.9. The molecule has 11 heteroatoms.